The summed E-state index contributed by atoms with van der Waals surface area (Å²) in [6.45, 7) is 2.94. The number of aromatic nitrogens is 7. The Hall–Kier alpha value is -2.86. The van der Waals surface area contributed by atoms with Crippen molar-refractivity contribution in [3.63, 3.8) is 0 Å². The highest BCUT2D eigenvalue weighted by molar-refractivity contribution is 7.09. The second kappa shape index (κ2) is 8.00. The molecule has 12 heteroatoms. The number of thiophene rings is 1. The number of benzene rings is 1. The third-order valence-electron chi connectivity index (χ3n) is 5.56. The van der Waals surface area contributed by atoms with E-state index in [1.165, 1.54) is 10.9 Å². The van der Waals surface area contributed by atoms with Crippen LogP contribution in [0.15, 0.2) is 35.7 Å². The van der Waals surface area contributed by atoms with E-state index in [0.717, 1.165) is 43.9 Å². The summed E-state index contributed by atoms with van der Waals surface area (Å²) in [5, 5.41) is 22.2. The quantitative estimate of drug-likeness (QED) is 0.466. The lowest BCUT2D eigenvalue weighted by Crippen LogP contribution is -2.35. The van der Waals surface area contributed by atoms with Crippen LogP contribution in [0.5, 0.6) is 0 Å². The van der Waals surface area contributed by atoms with E-state index in [4.69, 9.17) is 0 Å². The molecule has 0 spiro atoms. The topological polar surface area (TPSA) is 77.6 Å². The van der Waals surface area contributed by atoms with Crippen molar-refractivity contribution in [1.82, 2.24) is 40.1 Å². The number of fused-ring (bicyclic) bond motifs is 1. The molecular weight excluding hydrogens is 429 g/mol. The van der Waals surface area contributed by atoms with Crippen LogP contribution in [0.25, 0.3) is 11.0 Å². The number of nitrogens with zero attached hydrogens (tertiary/aromatic N) is 8. The molecular formula is C19H19F3N8S. The number of likely N-dealkylation sites (tertiary alicyclic amines) is 1. The van der Waals surface area contributed by atoms with Gasteiger partial charge in [0.1, 0.15) is 5.52 Å². The largest absolute Gasteiger partial charge is 0.416 e. The molecule has 0 N–H and O–H groups in total. The predicted octanol–water partition coefficient (Wildman–Crippen LogP) is 3.38. The normalized spacial score (nSPS) is 16.4. The Morgan fingerprint density at radius 3 is 2.61 bits per heavy atom. The smallest absolute Gasteiger partial charge is 0.296 e. The average Bonchev–Trinajstić information content (AvgIpc) is 3.50. The number of hydrogen-bond donors (Lipinski definition) is 0. The van der Waals surface area contributed by atoms with E-state index in [2.05, 4.69) is 36.8 Å². The molecule has 0 aliphatic carbocycles. The van der Waals surface area contributed by atoms with Gasteiger partial charge in [0.2, 0.25) is 0 Å². The van der Waals surface area contributed by atoms with Gasteiger partial charge in [-0.1, -0.05) is 11.3 Å². The minimum absolute atomic E-state index is 0.0973. The van der Waals surface area contributed by atoms with Crippen molar-refractivity contribution in [3.8, 4) is 0 Å². The molecule has 1 aliphatic rings. The molecule has 0 atom stereocenters. The zero-order valence-corrected chi connectivity index (χ0v) is 17.2. The molecule has 4 aromatic rings. The molecule has 1 aromatic carbocycles. The van der Waals surface area contributed by atoms with Crippen LogP contribution in [0.3, 0.4) is 0 Å². The van der Waals surface area contributed by atoms with Crippen molar-refractivity contribution in [1.29, 1.82) is 0 Å². The van der Waals surface area contributed by atoms with Crippen molar-refractivity contribution in [2.45, 2.75) is 38.1 Å². The van der Waals surface area contributed by atoms with Gasteiger partial charge in [-0.05, 0) is 52.9 Å². The van der Waals surface area contributed by atoms with Crippen molar-refractivity contribution in [2.24, 2.45) is 0 Å². The van der Waals surface area contributed by atoms with Crippen LogP contribution in [0, 0.1) is 0 Å². The number of rotatable bonds is 5. The molecule has 0 radical (unpaired) electrons. The Kier molecular flexibility index (Phi) is 5.18. The first-order valence-corrected chi connectivity index (χ1v) is 10.8. The molecule has 8 nitrogen and oxygen atoms in total. The highest BCUT2D eigenvalue weighted by atomic mass is 32.1. The Morgan fingerprint density at radius 1 is 1.03 bits per heavy atom. The Labute approximate surface area is 179 Å². The Balaban J connectivity index is 1.24. The summed E-state index contributed by atoms with van der Waals surface area (Å²) in [5.41, 5.74) is 0.193. The van der Waals surface area contributed by atoms with E-state index in [9.17, 15) is 13.2 Å². The van der Waals surface area contributed by atoms with Crippen LogP contribution in [0.2, 0.25) is 0 Å². The lowest BCUT2D eigenvalue weighted by atomic mass is 10.0. The molecule has 0 amide bonds. The van der Waals surface area contributed by atoms with Gasteiger partial charge in [0.15, 0.2) is 5.82 Å². The minimum atomic E-state index is -4.39. The lowest BCUT2D eigenvalue weighted by molar-refractivity contribution is -0.137. The highest BCUT2D eigenvalue weighted by Crippen LogP contribution is 2.32. The molecule has 0 unspecified atom stereocenters. The van der Waals surface area contributed by atoms with Gasteiger partial charge < -0.3 is 0 Å². The van der Waals surface area contributed by atoms with E-state index in [0.29, 0.717) is 18.6 Å². The fraction of sp³-hybridized carbons (Fsp3) is 0.421. The first-order valence-electron chi connectivity index (χ1n) is 9.89. The standard InChI is InChI=1S/C19H19F3N8S/c20-19(21,22)13-3-4-17-16(10-13)23-26-30(17)14-5-7-28(8-6-14)12-18-24-25-27-29(18)11-15-2-1-9-31-15/h1-4,9-10,14H,5-8,11-12H2. The van der Waals surface area contributed by atoms with Gasteiger partial charge in [0.05, 0.1) is 30.2 Å². The molecule has 3 aromatic heterocycles. The number of piperidine rings is 1. The number of halogens is 3. The Morgan fingerprint density at radius 2 is 1.87 bits per heavy atom. The van der Waals surface area contributed by atoms with E-state index >= 15 is 0 Å². The van der Waals surface area contributed by atoms with E-state index < -0.39 is 11.7 Å². The maximum atomic E-state index is 12.9. The van der Waals surface area contributed by atoms with Crippen LogP contribution >= 0.6 is 11.3 Å². The van der Waals surface area contributed by atoms with Gasteiger partial charge in [-0.3, -0.25) is 4.90 Å². The molecule has 31 heavy (non-hydrogen) atoms. The first-order chi connectivity index (χ1) is 15.0. The van der Waals surface area contributed by atoms with Gasteiger partial charge in [-0.15, -0.1) is 21.5 Å². The summed E-state index contributed by atoms with van der Waals surface area (Å²) in [6, 6.07) is 7.77. The van der Waals surface area contributed by atoms with Gasteiger partial charge in [-0.25, -0.2) is 9.36 Å². The number of tetrazole rings is 1. The highest BCUT2D eigenvalue weighted by Gasteiger charge is 2.31. The second-order valence-corrected chi connectivity index (χ2v) is 8.61. The summed E-state index contributed by atoms with van der Waals surface area (Å²) >= 11 is 1.67. The number of hydrogen-bond acceptors (Lipinski definition) is 7. The van der Waals surface area contributed by atoms with Crippen LogP contribution < -0.4 is 0 Å². The zero-order valence-electron chi connectivity index (χ0n) is 16.4. The van der Waals surface area contributed by atoms with Crippen molar-refractivity contribution in [2.75, 3.05) is 13.1 Å². The summed E-state index contributed by atoms with van der Waals surface area (Å²) in [5.74, 6) is 0.817. The summed E-state index contributed by atoms with van der Waals surface area (Å²) in [6.07, 6.45) is -2.74. The third-order valence-corrected chi connectivity index (χ3v) is 6.42. The lowest BCUT2D eigenvalue weighted by Gasteiger charge is -2.31. The van der Waals surface area contributed by atoms with Crippen LogP contribution in [0.4, 0.5) is 13.2 Å². The van der Waals surface area contributed by atoms with Gasteiger partial charge in [0, 0.05) is 18.0 Å². The van der Waals surface area contributed by atoms with Gasteiger partial charge in [-0.2, -0.15) is 13.2 Å². The molecule has 0 saturated carbocycles. The van der Waals surface area contributed by atoms with E-state index in [1.54, 1.807) is 16.0 Å². The minimum Gasteiger partial charge on any atom is -0.296 e. The second-order valence-electron chi connectivity index (χ2n) is 7.57. The van der Waals surface area contributed by atoms with Gasteiger partial charge >= 0.3 is 6.18 Å². The molecule has 1 aliphatic heterocycles. The van der Waals surface area contributed by atoms with E-state index in [-0.39, 0.29) is 11.6 Å². The van der Waals surface area contributed by atoms with Crippen LogP contribution in [-0.4, -0.2) is 53.2 Å². The summed E-state index contributed by atoms with van der Waals surface area (Å²) < 4.78 is 42.4. The zero-order chi connectivity index (χ0) is 21.4. The first kappa shape index (κ1) is 20.1. The molecule has 1 fully saturated rings. The molecule has 4 heterocycles. The van der Waals surface area contributed by atoms with Crippen LogP contribution in [-0.2, 0) is 19.3 Å². The molecule has 5 rings (SSSR count). The monoisotopic (exact) mass is 448 g/mol. The fourth-order valence-electron chi connectivity index (χ4n) is 3.92. The maximum Gasteiger partial charge on any atom is 0.416 e. The third kappa shape index (κ3) is 4.17. The predicted molar refractivity (Wildman–Crippen MR) is 107 cm³/mol. The molecule has 162 valence electrons. The van der Waals surface area contributed by atoms with Gasteiger partial charge in [0.25, 0.3) is 0 Å². The van der Waals surface area contributed by atoms with E-state index in [1.807, 2.05) is 16.1 Å². The SMILES string of the molecule is FC(F)(F)c1ccc2c(c1)nnn2C1CCN(Cc2nnnn2Cc2cccs2)CC1. The summed E-state index contributed by atoms with van der Waals surface area (Å²) in [7, 11) is 0. The maximum absolute atomic E-state index is 12.9. The summed E-state index contributed by atoms with van der Waals surface area (Å²) in [4.78, 5) is 3.48. The Bertz CT molecular complexity index is 1160. The fourth-order valence-corrected chi connectivity index (χ4v) is 4.61. The molecule has 0 bridgehead atoms. The average molecular weight is 448 g/mol. The van der Waals surface area contributed by atoms with Crippen molar-refractivity contribution < 1.29 is 13.2 Å². The molecule has 1 saturated heterocycles. The van der Waals surface area contributed by atoms with Crippen molar-refractivity contribution in [3.05, 3.63) is 52.0 Å². The van der Waals surface area contributed by atoms with Crippen molar-refractivity contribution >= 4 is 22.4 Å². The number of alkyl halides is 3. The van der Waals surface area contributed by atoms with Crippen LogP contribution in [0.1, 0.15) is 35.1 Å².